The third kappa shape index (κ3) is 3.60. The van der Waals surface area contributed by atoms with Crippen LogP contribution in [0.3, 0.4) is 0 Å². The van der Waals surface area contributed by atoms with E-state index in [9.17, 15) is 4.91 Å². The summed E-state index contributed by atoms with van der Waals surface area (Å²) in [5.74, 6) is 4.21. The van der Waals surface area contributed by atoms with Gasteiger partial charge < -0.3 is 0 Å². The molecule has 3 saturated carbocycles. The highest BCUT2D eigenvalue weighted by molar-refractivity contribution is 5.30. The van der Waals surface area contributed by atoms with Crippen molar-refractivity contribution in [2.75, 3.05) is 0 Å². The molecule has 2 nitrogen and oxygen atoms in total. The molecule has 170 valence electrons. The first-order valence-corrected chi connectivity index (χ1v) is 12.9. The molecular formula is C27H44FNO. The Morgan fingerprint density at radius 3 is 2.53 bits per heavy atom. The van der Waals surface area contributed by atoms with Gasteiger partial charge in [0.05, 0.1) is 0 Å². The number of halogens is 1. The quantitative estimate of drug-likeness (QED) is 0.317. The fourth-order valence-corrected chi connectivity index (χ4v) is 8.82. The van der Waals surface area contributed by atoms with E-state index in [-0.39, 0.29) is 11.5 Å². The molecule has 4 aliphatic rings. The maximum Gasteiger partial charge on any atom is 0.122 e. The van der Waals surface area contributed by atoms with Crippen molar-refractivity contribution in [2.45, 2.75) is 111 Å². The number of nitroso groups, excluding NO2 is 1. The summed E-state index contributed by atoms with van der Waals surface area (Å²) in [5.41, 5.74) is 1.28. The van der Waals surface area contributed by atoms with Gasteiger partial charge in [-0.3, -0.25) is 0 Å². The van der Waals surface area contributed by atoms with Gasteiger partial charge in [-0.05, 0) is 96.9 Å². The number of alkyl halides is 1. The minimum Gasteiger partial charge on any atom is -0.243 e. The summed E-state index contributed by atoms with van der Waals surface area (Å²) in [6.07, 6.45) is 12.7. The zero-order valence-electron chi connectivity index (χ0n) is 20.0. The zero-order valence-corrected chi connectivity index (χ0v) is 20.0. The summed E-state index contributed by atoms with van der Waals surface area (Å²) >= 11 is 0. The van der Waals surface area contributed by atoms with Crippen molar-refractivity contribution in [2.24, 2.45) is 51.5 Å². The van der Waals surface area contributed by atoms with Crippen molar-refractivity contribution in [1.82, 2.24) is 0 Å². The molecule has 0 saturated heterocycles. The normalized spacial score (nSPS) is 46.6. The van der Waals surface area contributed by atoms with Crippen LogP contribution in [-0.4, -0.2) is 12.2 Å². The van der Waals surface area contributed by atoms with Gasteiger partial charge in [0.1, 0.15) is 12.2 Å². The first-order chi connectivity index (χ1) is 14.2. The SMILES string of the molecule is CC(C)CCC[C@@H](C)[C@H]1CC[C@H]2[C@@H]3C[C@@H](F)C4=CC(N=O)CC[C@]4(C)[C@H]3CC[C@]12C. The van der Waals surface area contributed by atoms with Crippen molar-refractivity contribution < 1.29 is 4.39 Å². The van der Waals surface area contributed by atoms with Crippen LogP contribution in [0.5, 0.6) is 0 Å². The van der Waals surface area contributed by atoms with Gasteiger partial charge in [0, 0.05) is 0 Å². The summed E-state index contributed by atoms with van der Waals surface area (Å²) in [6, 6.07) is -0.306. The van der Waals surface area contributed by atoms with Crippen molar-refractivity contribution in [1.29, 1.82) is 0 Å². The molecule has 4 aliphatic carbocycles. The van der Waals surface area contributed by atoms with E-state index in [0.29, 0.717) is 29.6 Å². The van der Waals surface area contributed by atoms with E-state index in [2.05, 4.69) is 39.8 Å². The molecule has 0 bridgehead atoms. The van der Waals surface area contributed by atoms with Crippen LogP contribution in [0.25, 0.3) is 0 Å². The molecule has 0 aromatic heterocycles. The number of nitrogens with zero attached hydrogens (tertiary/aromatic N) is 1. The summed E-state index contributed by atoms with van der Waals surface area (Å²) in [5, 5.41) is 3.24. The average molecular weight is 418 g/mol. The third-order valence-corrected chi connectivity index (χ3v) is 10.4. The number of allylic oxidation sites excluding steroid dienone is 1. The van der Waals surface area contributed by atoms with Gasteiger partial charge in [-0.15, -0.1) is 0 Å². The molecule has 0 aromatic rings. The molecule has 30 heavy (non-hydrogen) atoms. The van der Waals surface area contributed by atoms with Crippen molar-refractivity contribution >= 4 is 0 Å². The van der Waals surface area contributed by atoms with Crippen molar-refractivity contribution in [3.05, 3.63) is 16.6 Å². The number of hydrogen-bond acceptors (Lipinski definition) is 2. The third-order valence-electron chi connectivity index (χ3n) is 10.4. The van der Waals surface area contributed by atoms with E-state index in [0.717, 1.165) is 36.2 Å². The fourth-order valence-electron chi connectivity index (χ4n) is 8.82. The Balaban J connectivity index is 1.52. The Bertz CT molecular complexity index is 674. The summed E-state index contributed by atoms with van der Waals surface area (Å²) in [7, 11) is 0. The standard InChI is InChI=1S/C27H44FNO/c1-17(2)7-6-8-18(3)21-9-10-22-20-16-25(28)24-15-19(29-30)11-13-27(24,5)23(20)12-14-26(21,22)4/h15,17-23,25H,6-14,16H2,1-5H3/t18-,19?,20+,21-,22+,23+,25-,26-,27-/m1/s1. The second-order valence-electron chi connectivity index (χ2n) is 12.4. The van der Waals surface area contributed by atoms with E-state index in [1.165, 1.54) is 44.9 Å². The summed E-state index contributed by atoms with van der Waals surface area (Å²) in [4.78, 5) is 11.1. The molecule has 1 unspecified atom stereocenters. The van der Waals surface area contributed by atoms with Crippen molar-refractivity contribution in [3.8, 4) is 0 Å². The average Bonchev–Trinajstić information content (AvgIpc) is 3.05. The van der Waals surface area contributed by atoms with E-state index < -0.39 is 6.17 Å². The lowest BCUT2D eigenvalue weighted by Crippen LogP contribution is -2.53. The summed E-state index contributed by atoms with van der Waals surface area (Å²) < 4.78 is 15.5. The monoisotopic (exact) mass is 417 g/mol. The first-order valence-electron chi connectivity index (χ1n) is 12.9. The summed E-state index contributed by atoms with van der Waals surface area (Å²) in [6.45, 7) is 12.0. The molecule has 0 aliphatic heterocycles. The van der Waals surface area contributed by atoms with Crippen LogP contribution < -0.4 is 0 Å². The van der Waals surface area contributed by atoms with Crippen molar-refractivity contribution in [3.63, 3.8) is 0 Å². The molecule has 0 radical (unpaired) electrons. The lowest BCUT2D eigenvalue weighted by atomic mass is 9.46. The van der Waals surface area contributed by atoms with Crippen LogP contribution in [0.2, 0.25) is 0 Å². The van der Waals surface area contributed by atoms with E-state index >= 15 is 4.39 Å². The number of hydrogen-bond donors (Lipinski definition) is 0. The Hall–Kier alpha value is -0.730. The highest BCUT2D eigenvalue weighted by Gasteiger charge is 2.61. The Kier molecular flexibility index (Phi) is 6.23. The molecular weight excluding hydrogens is 373 g/mol. The van der Waals surface area contributed by atoms with E-state index in [1.54, 1.807) is 0 Å². The van der Waals surface area contributed by atoms with E-state index in [1.807, 2.05) is 6.08 Å². The largest absolute Gasteiger partial charge is 0.243 e. The Morgan fingerprint density at radius 2 is 1.83 bits per heavy atom. The van der Waals surface area contributed by atoms with E-state index in [4.69, 9.17) is 0 Å². The van der Waals surface area contributed by atoms with Crippen LogP contribution in [-0.2, 0) is 0 Å². The maximum absolute atomic E-state index is 15.5. The molecule has 0 amide bonds. The van der Waals surface area contributed by atoms with Gasteiger partial charge >= 0.3 is 0 Å². The maximum atomic E-state index is 15.5. The topological polar surface area (TPSA) is 29.4 Å². The lowest BCUT2D eigenvalue weighted by Gasteiger charge is -2.59. The van der Waals surface area contributed by atoms with Crippen LogP contribution in [0.15, 0.2) is 16.8 Å². The molecule has 4 rings (SSSR count). The Labute approximate surface area is 183 Å². The molecule has 0 spiro atoms. The fraction of sp³-hybridized carbons (Fsp3) is 0.926. The van der Waals surface area contributed by atoms with Gasteiger partial charge in [-0.25, -0.2) is 4.39 Å². The molecule has 9 atom stereocenters. The smallest absolute Gasteiger partial charge is 0.122 e. The number of rotatable bonds is 6. The van der Waals surface area contributed by atoms with Gasteiger partial charge in [-0.1, -0.05) is 65.1 Å². The second kappa shape index (κ2) is 8.32. The first kappa shape index (κ1) is 22.5. The van der Waals surface area contributed by atoms with Crippen LogP contribution in [0, 0.1) is 51.2 Å². The molecule has 3 fully saturated rings. The van der Waals surface area contributed by atoms with Crippen LogP contribution in [0.1, 0.15) is 98.8 Å². The predicted octanol–water partition coefficient (Wildman–Crippen LogP) is 8.11. The molecule has 0 N–H and O–H groups in total. The van der Waals surface area contributed by atoms with Gasteiger partial charge in [0.15, 0.2) is 0 Å². The lowest BCUT2D eigenvalue weighted by molar-refractivity contribution is -0.0737. The van der Waals surface area contributed by atoms with Gasteiger partial charge in [-0.2, -0.15) is 4.91 Å². The highest BCUT2D eigenvalue weighted by atomic mass is 19.1. The second-order valence-corrected chi connectivity index (χ2v) is 12.4. The highest BCUT2D eigenvalue weighted by Crippen LogP contribution is 2.68. The zero-order chi connectivity index (χ0) is 21.7. The van der Waals surface area contributed by atoms with Crippen LogP contribution >= 0.6 is 0 Å². The molecule has 0 aromatic carbocycles. The predicted molar refractivity (Wildman–Crippen MR) is 123 cm³/mol. The van der Waals surface area contributed by atoms with Gasteiger partial charge in [0.25, 0.3) is 0 Å². The molecule has 0 heterocycles. The van der Waals surface area contributed by atoms with Crippen LogP contribution in [0.4, 0.5) is 4.39 Å². The minimum atomic E-state index is -0.870. The Morgan fingerprint density at radius 1 is 1.07 bits per heavy atom. The molecule has 3 heteroatoms. The minimum absolute atomic E-state index is 0.0498. The number of fused-ring (bicyclic) bond motifs is 5. The van der Waals surface area contributed by atoms with Gasteiger partial charge in [0.2, 0.25) is 0 Å².